The Bertz CT molecular complexity index is 623. The van der Waals surface area contributed by atoms with Crippen LogP contribution in [0.3, 0.4) is 0 Å². The molecule has 110 valence electrons. The van der Waals surface area contributed by atoms with E-state index in [1.807, 2.05) is 0 Å². The number of carboxylic acid groups (broad SMARTS) is 1. The van der Waals surface area contributed by atoms with Gasteiger partial charge in [0.1, 0.15) is 0 Å². The van der Waals surface area contributed by atoms with E-state index in [0.29, 0.717) is 0 Å². The molecule has 0 amide bonds. The molecule has 0 unspecified atom stereocenters. The van der Waals surface area contributed by atoms with E-state index in [9.17, 15) is 18.0 Å². The molecule has 2 N–H and O–H groups in total. The van der Waals surface area contributed by atoms with Crippen LogP contribution in [0.5, 0.6) is 0 Å². The van der Waals surface area contributed by atoms with Gasteiger partial charge in [0, 0.05) is 0 Å². The number of hydrogen-bond acceptors (Lipinski definition) is 5. The van der Waals surface area contributed by atoms with Crippen molar-refractivity contribution in [2.24, 2.45) is 0 Å². The van der Waals surface area contributed by atoms with Crippen LogP contribution < -0.4 is 4.72 Å². The van der Waals surface area contributed by atoms with Crippen molar-refractivity contribution >= 4 is 27.6 Å². The maximum Gasteiger partial charge on any atom is 0.336 e. The summed E-state index contributed by atoms with van der Waals surface area (Å²) in [4.78, 5) is 22.1. The van der Waals surface area contributed by atoms with E-state index in [1.165, 1.54) is 25.1 Å². The number of carbonyl (C=O) groups excluding carboxylic acids is 1. The number of anilines is 1. The first-order chi connectivity index (χ1) is 9.26. The molecule has 0 saturated carbocycles. The zero-order chi connectivity index (χ0) is 15.3. The van der Waals surface area contributed by atoms with Crippen LogP contribution in [-0.2, 0) is 19.6 Å². The van der Waals surface area contributed by atoms with Crippen molar-refractivity contribution in [3.05, 3.63) is 29.3 Å². The summed E-state index contributed by atoms with van der Waals surface area (Å²) in [6.07, 6.45) is 0. The fourth-order valence-electron chi connectivity index (χ4n) is 1.54. The van der Waals surface area contributed by atoms with E-state index < -0.39 is 27.7 Å². The molecule has 0 heterocycles. The lowest BCUT2D eigenvalue weighted by molar-refractivity contribution is -0.139. The Morgan fingerprint density at radius 2 is 2.00 bits per heavy atom. The Labute approximate surface area is 116 Å². The third kappa shape index (κ3) is 4.23. The molecule has 20 heavy (non-hydrogen) atoms. The molecule has 1 rings (SSSR count). The van der Waals surface area contributed by atoms with Gasteiger partial charge in [-0.1, -0.05) is 6.07 Å². The number of ether oxygens (including phenoxy) is 1. The molecule has 1 aromatic rings. The number of benzene rings is 1. The van der Waals surface area contributed by atoms with E-state index in [1.54, 1.807) is 6.92 Å². The van der Waals surface area contributed by atoms with Crippen molar-refractivity contribution in [2.75, 3.05) is 17.1 Å². The van der Waals surface area contributed by atoms with E-state index in [2.05, 4.69) is 9.46 Å². The molecular formula is C12H15NO6S. The second kappa shape index (κ2) is 6.38. The fourth-order valence-corrected chi connectivity index (χ4v) is 2.56. The minimum Gasteiger partial charge on any atom is -0.478 e. The van der Waals surface area contributed by atoms with Crippen molar-refractivity contribution in [3.8, 4) is 0 Å². The van der Waals surface area contributed by atoms with Crippen molar-refractivity contribution < 1.29 is 27.9 Å². The summed E-state index contributed by atoms with van der Waals surface area (Å²) >= 11 is 0. The van der Waals surface area contributed by atoms with E-state index >= 15 is 0 Å². The highest BCUT2D eigenvalue weighted by Gasteiger charge is 2.19. The predicted octanol–water partition coefficient (Wildman–Crippen LogP) is 0.998. The van der Waals surface area contributed by atoms with E-state index in [-0.39, 0.29) is 23.4 Å². The Morgan fingerprint density at radius 3 is 2.55 bits per heavy atom. The first-order valence-corrected chi connectivity index (χ1v) is 7.41. The molecular weight excluding hydrogens is 286 g/mol. The van der Waals surface area contributed by atoms with Crippen molar-refractivity contribution in [2.45, 2.75) is 13.8 Å². The summed E-state index contributed by atoms with van der Waals surface area (Å²) in [6.45, 7) is 3.13. The molecule has 1 aromatic carbocycles. The van der Waals surface area contributed by atoms with Crippen molar-refractivity contribution in [1.29, 1.82) is 0 Å². The van der Waals surface area contributed by atoms with Gasteiger partial charge in [-0.15, -0.1) is 0 Å². The van der Waals surface area contributed by atoms with Crippen LogP contribution >= 0.6 is 0 Å². The number of rotatable bonds is 6. The lowest BCUT2D eigenvalue weighted by Crippen LogP contribution is -2.25. The molecule has 0 aromatic heterocycles. The Morgan fingerprint density at radius 1 is 1.35 bits per heavy atom. The Kier molecular flexibility index (Phi) is 5.09. The number of carbonyl (C=O) groups is 2. The molecule has 8 heteroatoms. The normalized spacial score (nSPS) is 10.9. The van der Waals surface area contributed by atoms with Gasteiger partial charge in [0.15, 0.2) is 5.75 Å². The molecule has 0 aliphatic rings. The predicted molar refractivity (Wildman–Crippen MR) is 72.2 cm³/mol. The Balaban J connectivity index is 2.96. The molecule has 0 spiro atoms. The monoisotopic (exact) mass is 301 g/mol. The van der Waals surface area contributed by atoms with Gasteiger partial charge in [-0.2, -0.15) is 0 Å². The van der Waals surface area contributed by atoms with Gasteiger partial charge in [0.2, 0.25) is 10.0 Å². The highest BCUT2D eigenvalue weighted by atomic mass is 32.2. The fraction of sp³-hybridized carbons (Fsp3) is 0.333. The summed E-state index contributed by atoms with van der Waals surface area (Å²) in [5, 5.41) is 8.95. The highest BCUT2D eigenvalue weighted by Crippen LogP contribution is 2.20. The molecule has 7 nitrogen and oxygen atoms in total. The van der Waals surface area contributed by atoms with Crippen LogP contribution in [0.4, 0.5) is 5.69 Å². The maximum absolute atomic E-state index is 11.8. The van der Waals surface area contributed by atoms with Crippen LogP contribution in [-0.4, -0.2) is 37.8 Å². The molecule has 0 aliphatic carbocycles. The smallest absolute Gasteiger partial charge is 0.336 e. The number of aromatic carboxylic acids is 1. The van der Waals surface area contributed by atoms with Crippen LogP contribution in [0.25, 0.3) is 0 Å². The highest BCUT2D eigenvalue weighted by molar-refractivity contribution is 7.93. The second-order valence-corrected chi connectivity index (χ2v) is 5.67. The van der Waals surface area contributed by atoms with E-state index in [4.69, 9.17) is 5.11 Å². The van der Waals surface area contributed by atoms with Crippen LogP contribution in [0.2, 0.25) is 0 Å². The lowest BCUT2D eigenvalue weighted by atomic mass is 10.1. The lowest BCUT2D eigenvalue weighted by Gasteiger charge is -2.11. The average Bonchev–Trinajstić information content (AvgIpc) is 2.30. The van der Waals surface area contributed by atoms with Gasteiger partial charge >= 0.3 is 11.9 Å². The molecule has 0 saturated heterocycles. The molecule has 0 aliphatic heterocycles. The second-order valence-electron chi connectivity index (χ2n) is 3.95. The van der Waals surface area contributed by atoms with Gasteiger partial charge in [-0.05, 0) is 31.5 Å². The molecule has 0 radical (unpaired) electrons. The van der Waals surface area contributed by atoms with Gasteiger partial charge in [-0.3, -0.25) is 9.52 Å². The van der Waals surface area contributed by atoms with Crippen LogP contribution in [0, 0.1) is 6.92 Å². The van der Waals surface area contributed by atoms with Crippen LogP contribution in [0.1, 0.15) is 22.8 Å². The quantitative estimate of drug-likeness (QED) is 0.758. The average molecular weight is 301 g/mol. The van der Waals surface area contributed by atoms with E-state index in [0.717, 1.165) is 0 Å². The first kappa shape index (κ1) is 16.0. The van der Waals surface area contributed by atoms with Gasteiger partial charge in [0.25, 0.3) is 0 Å². The summed E-state index contributed by atoms with van der Waals surface area (Å²) in [7, 11) is -3.94. The number of esters is 1. The standard InChI is InChI=1S/C12H15NO6S/c1-3-19-11(14)7-20(17,18)13-10-6-4-5-9(8(10)2)12(15)16/h4-6,13H,3,7H2,1-2H3,(H,15,16). The largest absolute Gasteiger partial charge is 0.478 e. The summed E-state index contributed by atoms with van der Waals surface area (Å²) < 4.78 is 30.3. The van der Waals surface area contributed by atoms with Gasteiger partial charge in [-0.25, -0.2) is 13.2 Å². The topological polar surface area (TPSA) is 110 Å². The summed E-state index contributed by atoms with van der Waals surface area (Å²) in [5.41, 5.74) is 0.378. The minimum atomic E-state index is -3.94. The zero-order valence-electron chi connectivity index (χ0n) is 11.0. The third-order valence-electron chi connectivity index (χ3n) is 2.44. The Hall–Kier alpha value is -2.09. The summed E-state index contributed by atoms with van der Waals surface area (Å²) in [6, 6.07) is 4.20. The zero-order valence-corrected chi connectivity index (χ0v) is 11.9. The maximum atomic E-state index is 11.8. The van der Waals surface area contributed by atoms with Gasteiger partial charge in [0.05, 0.1) is 17.9 Å². The number of nitrogens with one attached hydrogen (secondary N) is 1. The number of hydrogen-bond donors (Lipinski definition) is 2. The minimum absolute atomic E-state index is 0.0127. The number of sulfonamides is 1. The number of carboxylic acids is 1. The first-order valence-electron chi connectivity index (χ1n) is 5.76. The molecule has 0 bridgehead atoms. The molecule has 0 fully saturated rings. The van der Waals surface area contributed by atoms with Crippen molar-refractivity contribution in [3.63, 3.8) is 0 Å². The third-order valence-corrected chi connectivity index (χ3v) is 3.59. The van der Waals surface area contributed by atoms with Gasteiger partial charge < -0.3 is 9.84 Å². The van der Waals surface area contributed by atoms with Crippen molar-refractivity contribution in [1.82, 2.24) is 0 Å². The molecule has 0 atom stereocenters. The SMILES string of the molecule is CCOC(=O)CS(=O)(=O)Nc1cccc(C(=O)O)c1C. The van der Waals surface area contributed by atoms with Crippen LogP contribution in [0.15, 0.2) is 18.2 Å². The summed E-state index contributed by atoms with van der Waals surface area (Å²) in [5.74, 6) is -2.85.